The Morgan fingerprint density at radius 1 is 1.18 bits per heavy atom. The minimum absolute atomic E-state index is 0.0907. The van der Waals surface area contributed by atoms with Crippen LogP contribution in [0, 0.1) is 11.8 Å². The molecule has 0 radical (unpaired) electrons. The summed E-state index contributed by atoms with van der Waals surface area (Å²) in [7, 11) is 0. The van der Waals surface area contributed by atoms with Gasteiger partial charge in [-0.15, -0.1) is 0 Å². The van der Waals surface area contributed by atoms with Crippen molar-refractivity contribution < 1.29 is 9.84 Å². The zero-order valence-corrected chi connectivity index (χ0v) is 9.98. The molecule has 0 spiro atoms. The van der Waals surface area contributed by atoms with Gasteiger partial charge in [0.15, 0.2) is 0 Å². The zero-order valence-electron chi connectivity index (χ0n) is 9.98. The lowest BCUT2D eigenvalue weighted by molar-refractivity contribution is 0.0457. The smallest absolute Gasteiger partial charge is 0.104 e. The summed E-state index contributed by atoms with van der Waals surface area (Å²) < 4.78 is 5.83. The maximum Gasteiger partial charge on any atom is 0.104 e. The fraction of sp³-hybridized carbons (Fsp3) is 0.467. The second-order valence-electron chi connectivity index (χ2n) is 4.37. The maximum atomic E-state index is 8.59. The van der Waals surface area contributed by atoms with E-state index in [1.807, 2.05) is 24.3 Å². The SMILES string of the molecule is OCC#Cc1ccc(COC2CCCC2)cc1. The van der Waals surface area contributed by atoms with Crippen molar-refractivity contribution in [1.29, 1.82) is 0 Å². The number of benzene rings is 1. The van der Waals surface area contributed by atoms with Crippen LogP contribution in [0.15, 0.2) is 24.3 Å². The van der Waals surface area contributed by atoms with Gasteiger partial charge in [-0.2, -0.15) is 0 Å². The van der Waals surface area contributed by atoms with Crippen molar-refractivity contribution in [3.63, 3.8) is 0 Å². The quantitative estimate of drug-likeness (QED) is 0.808. The van der Waals surface area contributed by atoms with Crippen LogP contribution in [0.2, 0.25) is 0 Å². The Kier molecular flexibility index (Phi) is 4.61. The summed E-state index contributed by atoms with van der Waals surface area (Å²) >= 11 is 0. The van der Waals surface area contributed by atoms with Gasteiger partial charge < -0.3 is 9.84 Å². The largest absolute Gasteiger partial charge is 0.384 e. The Bertz CT molecular complexity index is 391. The van der Waals surface area contributed by atoms with Crippen molar-refractivity contribution in [3.8, 4) is 11.8 Å². The molecule has 1 aliphatic rings. The first-order chi connectivity index (χ1) is 8.38. The first kappa shape index (κ1) is 12.2. The predicted molar refractivity (Wildman–Crippen MR) is 67.5 cm³/mol. The van der Waals surface area contributed by atoms with E-state index >= 15 is 0 Å². The Balaban J connectivity index is 1.84. The van der Waals surface area contributed by atoms with Gasteiger partial charge >= 0.3 is 0 Å². The van der Waals surface area contributed by atoms with Crippen LogP contribution < -0.4 is 0 Å². The topological polar surface area (TPSA) is 29.5 Å². The average molecular weight is 230 g/mol. The molecule has 2 rings (SSSR count). The molecule has 90 valence electrons. The highest BCUT2D eigenvalue weighted by atomic mass is 16.5. The Morgan fingerprint density at radius 3 is 2.53 bits per heavy atom. The average Bonchev–Trinajstić information content (AvgIpc) is 2.88. The van der Waals surface area contributed by atoms with Crippen molar-refractivity contribution in [2.24, 2.45) is 0 Å². The van der Waals surface area contributed by atoms with Crippen LogP contribution in [0.25, 0.3) is 0 Å². The second kappa shape index (κ2) is 6.44. The normalized spacial score (nSPS) is 15.6. The summed E-state index contributed by atoms with van der Waals surface area (Å²) in [5, 5.41) is 8.59. The van der Waals surface area contributed by atoms with Crippen molar-refractivity contribution in [1.82, 2.24) is 0 Å². The third-order valence-corrected chi connectivity index (χ3v) is 3.05. The highest BCUT2D eigenvalue weighted by Gasteiger charge is 2.14. The molecule has 1 aromatic carbocycles. The predicted octanol–water partition coefficient (Wildman–Crippen LogP) is 2.49. The molecule has 0 amide bonds. The van der Waals surface area contributed by atoms with Crippen molar-refractivity contribution in [3.05, 3.63) is 35.4 Å². The molecule has 1 aliphatic carbocycles. The summed E-state index contributed by atoms with van der Waals surface area (Å²) in [6.07, 6.45) is 5.49. The monoisotopic (exact) mass is 230 g/mol. The zero-order chi connectivity index (χ0) is 11.9. The molecule has 2 nitrogen and oxygen atoms in total. The molecule has 1 aromatic rings. The number of aliphatic hydroxyl groups is 1. The van der Waals surface area contributed by atoms with Gasteiger partial charge in [0.1, 0.15) is 6.61 Å². The van der Waals surface area contributed by atoms with Crippen LogP contribution in [0.5, 0.6) is 0 Å². The molecule has 0 aliphatic heterocycles. The van der Waals surface area contributed by atoms with Crippen molar-refractivity contribution >= 4 is 0 Å². The molecule has 1 N–H and O–H groups in total. The van der Waals surface area contributed by atoms with Crippen LogP contribution in [0.3, 0.4) is 0 Å². The molecule has 0 unspecified atom stereocenters. The van der Waals surface area contributed by atoms with Gasteiger partial charge in [0, 0.05) is 5.56 Å². The molecule has 0 atom stereocenters. The van der Waals surface area contributed by atoms with Crippen LogP contribution in [0.4, 0.5) is 0 Å². The summed E-state index contributed by atoms with van der Waals surface area (Å²) in [5.41, 5.74) is 2.12. The highest BCUT2D eigenvalue weighted by Crippen LogP contribution is 2.22. The van der Waals surface area contributed by atoms with Gasteiger partial charge in [0.25, 0.3) is 0 Å². The van der Waals surface area contributed by atoms with Gasteiger partial charge in [-0.1, -0.05) is 36.8 Å². The van der Waals surface area contributed by atoms with Crippen LogP contribution in [-0.4, -0.2) is 17.8 Å². The number of ether oxygens (including phenoxy) is 1. The molecule has 17 heavy (non-hydrogen) atoms. The summed E-state index contributed by atoms with van der Waals surface area (Å²) in [5.74, 6) is 5.51. The van der Waals surface area contributed by atoms with Gasteiger partial charge in [-0.3, -0.25) is 0 Å². The number of hydrogen-bond donors (Lipinski definition) is 1. The van der Waals surface area contributed by atoms with E-state index in [-0.39, 0.29) is 6.61 Å². The minimum Gasteiger partial charge on any atom is -0.384 e. The molecule has 0 heterocycles. The molecular formula is C15H18O2. The second-order valence-corrected chi connectivity index (χ2v) is 4.37. The van der Waals surface area contributed by atoms with Crippen molar-refractivity contribution in [2.75, 3.05) is 6.61 Å². The highest BCUT2D eigenvalue weighted by molar-refractivity contribution is 5.36. The first-order valence-electron chi connectivity index (χ1n) is 6.19. The maximum absolute atomic E-state index is 8.59. The molecular weight excluding hydrogens is 212 g/mol. The lowest BCUT2D eigenvalue weighted by Gasteiger charge is -2.10. The van der Waals surface area contributed by atoms with Crippen LogP contribution in [-0.2, 0) is 11.3 Å². The van der Waals surface area contributed by atoms with Crippen molar-refractivity contribution in [2.45, 2.75) is 38.4 Å². The summed E-state index contributed by atoms with van der Waals surface area (Å²) in [6, 6.07) is 8.01. The molecule has 0 aromatic heterocycles. The molecule has 1 saturated carbocycles. The Morgan fingerprint density at radius 2 is 1.88 bits per heavy atom. The van der Waals surface area contributed by atoms with E-state index in [2.05, 4.69) is 11.8 Å². The van der Waals surface area contributed by atoms with E-state index in [1.165, 1.54) is 31.2 Å². The van der Waals surface area contributed by atoms with E-state index < -0.39 is 0 Å². The van der Waals surface area contributed by atoms with Gasteiger partial charge in [-0.05, 0) is 30.5 Å². The first-order valence-corrected chi connectivity index (χ1v) is 6.19. The van der Waals surface area contributed by atoms with E-state index in [1.54, 1.807) is 0 Å². The van der Waals surface area contributed by atoms with Gasteiger partial charge in [-0.25, -0.2) is 0 Å². The van der Waals surface area contributed by atoms with Gasteiger partial charge in [0.2, 0.25) is 0 Å². The number of aliphatic hydroxyl groups excluding tert-OH is 1. The fourth-order valence-corrected chi connectivity index (χ4v) is 2.09. The van der Waals surface area contributed by atoms with E-state index in [9.17, 15) is 0 Å². The third kappa shape index (κ3) is 3.89. The van der Waals surface area contributed by atoms with Crippen LogP contribution in [0.1, 0.15) is 36.8 Å². The van der Waals surface area contributed by atoms with Gasteiger partial charge in [0.05, 0.1) is 12.7 Å². The van der Waals surface area contributed by atoms with Crippen LogP contribution >= 0.6 is 0 Å². The van der Waals surface area contributed by atoms with E-state index in [0.29, 0.717) is 12.7 Å². The minimum atomic E-state index is -0.0907. The molecule has 2 heteroatoms. The number of hydrogen-bond acceptors (Lipinski definition) is 2. The molecule has 1 fully saturated rings. The van der Waals surface area contributed by atoms with E-state index in [0.717, 1.165) is 5.56 Å². The molecule has 0 saturated heterocycles. The lowest BCUT2D eigenvalue weighted by Crippen LogP contribution is -2.06. The fourth-order valence-electron chi connectivity index (χ4n) is 2.09. The number of rotatable bonds is 3. The standard InChI is InChI=1S/C15H18O2/c16-11-3-4-13-7-9-14(10-8-13)12-17-15-5-1-2-6-15/h7-10,15-16H,1-2,5-6,11-12H2. The summed E-state index contributed by atoms with van der Waals surface area (Å²) in [4.78, 5) is 0. The summed E-state index contributed by atoms with van der Waals surface area (Å²) in [6.45, 7) is 0.602. The lowest BCUT2D eigenvalue weighted by atomic mass is 10.1. The van der Waals surface area contributed by atoms with E-state index in [4.69, 9.17) is 9.84 Å². The third-order valence-electron chi connectivity index (χ3n) is 3.05. The molecule has 0 bridgehead atoms. The Labute approximate surface area is 103 Å². The Hall–Kier alpha value is -1.30.